The molecule has 0 aliphatic carbocycles. The average Bonchev–Trinajstić information content (AvgIpc) is 3.12. The van der Waals surface area contributed by atoms with E-state index >= 15 is 0 Å². The first-order valence-corrected chi connectivity index (χ1v) is 11.7. The summed E-state index contributed by atoms with van der Waals surface area (Å²) < 4.78 is 15.7. The van der Waals surface area contributed by atoms with Crippen LogP contribution in [0, 0.1) is 6.92 Å². The molecule has 9 heteroatoms. The molecular weight excluding hydrogens is 474 g/mol. The smallest absolute Gasteiger partial charge is 0.332 e. The molecule has 37 heavy (non-hydrogen) atoms. The summed E-state index contributed by atoms with van der Waals surface area (Å²) in [6, 6.07) is 17.9. The molecule has 9 nitrogen and oxygen atoms in total. The van der Waals surface area contributed by atoms with Gasteiger partial charge in [-0.3, -0.25) is 9.59 Å². The zero-order valence-corrected chi connectivity index (χ0v) is 21.2. The van der Waals surface area contributed by atoms with Crippen LogP contribution in [-0.2, 0) is 16.1 Å². The molecule has 4 rings (SSSR count). The molecule has 1 atom stereocenters. The first-order chi connectivity index (χ1) is 17.8. The van der Waals surface area contributed by atoms with Gasteiger partial charge < -0.3 is 24.4 Å². The number of nitrogens with one attached hydrogen (secondary N) is 1. The highest BCUT2D eigenvalue weighted by molar-refractivity contribution is 6.22. The molecule has 192 valence electrons. The van der Waals surface area contributed by atoms with Gasteiger partial charge in [0.2, 0.25) is 5.91 Å². The van der Waals surface area contributed by atoms with Gasteiger partial charge in [-0.1, -0.05) is 24.3 Å². The number of benzene rings is 3. The van der Waals surface area contributed by atoms with E-state index in [4.69, 9.17) is 14.2 Å². The number of imide groups is 1. The Hall–Kier alpha value is -4.53. The number of nitrogens with zero attached hydrogens (tertiary/aromatic N) is 2. The van der Waals surface area contributed by atoms with Crippen molar-refractivity contribution in [2.24, 2.45) is 0 Å². The fourth-order valence-corrected chi connectivity index (χ4v) is 4.21. The van der Waals surface area contributed by atoms with Gasteiger partial charge >= 0.3 is 6.03 Å². The van der Waals surface area contributed by atoms with Gasteiger partial charge in [0.1, 0.15) is 23.3 Å². The lowest BCUT2D eigenvalue weighted by molar-refractivity contribution is -0.124. The van der Waals surface area contributed by atoms with Gasteiger partial charge in [0.15, 0.2) is 0 Å². The molecule has 0 bridgehead atoms. The minimum atomic E-state index is -0.984. The molecule has 0 unspecified atom stereocenters. The summed E-state index contributed by atoms with van der Waals surface area (Å²) in [4.78, 5) is 42.7. The number of hydrogen-bond donors (Lipinski definition) is 1. The highest BCUT2D eigenvalue weighted by Gasteiger charge is 2.46. The van der Waals surface area contributed by atoms with Gasteiger partial charge in [-0.05, 0) is 42.3 Å². The van der Waals surface area contributed by atoms with E-state index in [-0.39, 0.29) is 13.0 Å². The molecule has 1 fully saturated rings. The number of amides is 4. The highest BCUT2D eigenvalue weighted by atomic mass is 16.5. The largest absolute Gasteiger partial charge is 0.497 e. The third-order valence-electron chi connectivity index (χ3n) is 6.10. The van der Waals surface area contributed by atoms with E-state index in [1.165, 1.54) is 19.1 Å². The van der Waals surface area contributed by atoms with E-state index in [9.17, 15) is 14.4 Å². The highest BCUT2D eigenvalue weighted by Crippen LogP contribution is 2.30. The summed E-state index contributed by atoms with van der Waals surface area (Å²) in [7, 11) is 4.60. The molecule has 1 saturated heterocycles. The van der Waals surface area contributed by atoms with Gasteiger partial charge in [0.25, 0.3) is 5.91 Å². The standard InChI is InChI=1S/C28H29N3O6/c1-18-6-5-7-21(12-18)31-27(33)25(30(28(31)34)17-19-8-10-22(35-2)11-9-19)16-26(32)29-20-13-23(36-3)15-24(14-20)37-4/h5-15,25H,16-17H2,1-4H3,(H,29,32)/t25-/m1/s1. The third-order valence-corrected chi connectivity index (χ3v) is 6.10. The normalized spacial score (nSPS) is 15.1. The second-order valence-electron chi connectivity index (χ2n) is 8.64. The molecule has 0 aromatic heterocycles. The van der Waals surface area contributed by atoms with Crippen LogP contribution in [0.3, 0.4) is 0 Å². The van der Waals surface area contributed by atoms with Crippen molar-refractivity contribution in [3.05, 3.63) is 77.9 Å². The third kappa shape index (κ3) is 5.66. The van der Waals surface area contributed by atoms with Gasteiger partial charge in [0, 0.05) is 30.4 Å². The Kier molecular flexibility index (Phi) is 7.62. The Bertz CT molecular complexity index is 1290. The summed E-state index contributed by atoms with van der Waals surface area (Å²) in [5.41, 5.74) is 2.63. The number of methoxy groups -OCH3 is 3. The van der Waals surface area contributed by atoms with Crippen LogP contribution < -0.4 is 24.4 Å². The maximum absolute atomic E-state index is 13.5. The van der Waals surface area contributed by atoms with Crippen LogP contribution >= 0.6 is 0 Å². The Balaban J connectivity index is 1.61. The van der Waals surface area contributed by atoms with Crippen molar-refractivity contribution in [1.82, 2.24) is 4.90 Å². The number of hydrogen-bond acceptors (Lipinski definition) is 6. The minimum absolute atomic E-state index is 0.155. The zero-order valence-electron chi connectivity index (χ0n) is 21.2. The average molecular weight is 504 g/mol. The van der Waals surface area contributed by atoms with Crippen LogP contribution in [0.2, 0.25) is 0 Å². The van der Waals surface area contributed by atoms with Crippen LogP contribution in [0.1, 0.15) is 17.5 Å². The summed E-state index contributed by atoms with van der Waals surface area (Å²) in [5, 5.41) is 2.79. The van der Waals surface area contributed by atoms with Gasteiger partial charge in [-0.2, -0.15) is 0 Å². The Morgan fingerprint density at radius 2 is 1.51 bits per heavy atom. The van der Waals surface area contributed by atoms with Gasteiger partial charge in [-0.25, -0.2) is 9.69 Å². The second kappa shape index (κ2) is 11.0. The van der Waals surface area contributed by atoms with Crippen molar-refractivity contribution >= 4 is 29.2 Å². The van der Waals surface area contributed by atoms with Crippen LogP contribution in [0.15, 0.2) is 66.7 Å². The summed E-state index contributed by atoms with van der Waals surface area (Å²) in [6.07, 6.45) is -0.220. The van der Waals surface area contributed by atoms with Crippen molar-refractivity contribution in [1.29, 1.82) is 0 Å². The predicted octanol–water partition coefficient (Wildman–Crippen LogP) is 4.39. The minimum Gasteiger partial charge on any atom is -0.497 e. The topological polar surface area (TPSA) is 97.4 Å². The number of carbonyl (C=O) groups excluding carboxylic acids is 3. The fourth-order valence-electron chi connectivity index (χ4n) is 4.21. The molecular formula is C28H29N3O6. The lowest BCUT2D eigenvalue weighted by Crippen LogP contribution is -2.37. The molecule has 4 amide bonds. The summed E-state index contributed by atoms with van der Waals surface area (Å²) in [6.45, 7) is 2.04. The number of anilines is 2. The monoisotopic (exact) mass is 503 g/mol. The fraction of sp³-hybridized carbons (Fsp3) is 0.250. The maximum Gasteiger partial charge on any atom is 0.332 e. The number of aryl methyl sites for hydroxylation is 1. The lowest BCUT2D eigenvalue weighted by Gasteiger charge is -2.22. The van der Waals surface area contributed by atoms with Crippen molar-refractivity contribution in [2.75, 3.05) is 31.5 Å². The van der Waals surface area contributed by atoms with Crippen LogP contribution in [0.4, 0.5) is 16.2 Å². The Labute approximate surface area is 215 Å². The van der Waals surface area contributed by atoms with E-state index in [0.29, 0.717) is 28.6 Å². The summed E-state index contributed by atoms with van der Waals surface area (Å²) >= 11 is 0. The zero-order chi connectivity index (χ0) is 26.5. The number of ether oxygens (including phenoxy) is 3. The van der Waals surface area contributed by atoms with Crippen molar-refractivity contribution in [3.8, 4) is 17.2 Å². The van der Waals surface area contributed by atoms with E-state index in [0.717, 1.165) is 16.0 Å². The molecule has 3 aromatic carbocycles. The number of carbonyl (C=O) groups is 3. The van der Waals surface area contributed by atoms with Crippen LogP contribution in [0.25, 0.3) is 0 Å². The summed E-state index contributed by atoms with van der Waals surface area (Å²) in [5.74, 6) is 0.815. The molecule has 3 aromatic rings. The predicted molar refractivity (Wildman–Crippen MR) is 139 cm³/mol. The lowest BCUT2D eigenvalue weighted by atomic mass is 10.1. The van der Waals surface area contributed by atoms with E-state index in [2.05, 4.69) is 5.32 Å². The Morgan fingerprint density at radius 1 is 0.865 bits per heavy atom. The van der Waals surface area contributed by atoms with Crippen LogP contribution in [0.5, 0.6) is 17.2 Å². The van der Waals surface area contributed by atoms with Gasteiger partial charge in [0.05, 0.1) is 33.4 Å². The molecule has 1 aliphatic rings. The van der Waals surface area contributed by atoms with E-state index in [1.807, 2.05) is 25.1 Å². The molecule has 0 spiro atoms. The van der Waals surface area contributed by atoms with E-state index < -0.39 is 23.9 Å². The number of urea groups is 1. The first-order valence-electron chi connectivity index (χ1n) is 11.7. The SMILES string of the molecule is COc1ccc(CN2C(=O)N(c3cccc(C)c3)C(=O)[C@H]2CC(=O)Nc2cc(OC)cc(OC)c2)cc1. The van der Waals surface area contributed by atoms with Crippen molar-refractivity contribution in [3.63, 3.8) is 0 Å². The van der Waals surface area contributed by atoms with Crippen molar-refractivity contribution in [2.45, 2.75) is 25.9 Å². The Morgan fingerprint density at radius 3 is 2.11 bits per heavy atom. The van der Waals surface area contributed by atoms with Crippen molar-refractivity contribution < 1.29 is 28.6 Å². The molecule has 1 aliphatic heterocycles. The van der Waals surface area contributed by atoms with E-state index in [1.54, 1.807) is 55.6 Å². The quantitative estimate of drug-likeness (QED) is 0.435. The molecule has 1 N–H and O–H groups in total. The molecule has 0 saturated carbocycles. The van der Waals surface area contributed by atoms with Crippen LogP contribution in [-0.4, -0.2) is 50.1 Å². The molecule has 1 heterocycles. The molecule has 0 radical (unpaired) electrons. The number of rotatable bonds is 9. The van der Waals surface area contributed by atoms with Gasteiger partial charge in [-0.15, -0.1) is 0 Å². The maximum atomic E-state index is 13.5. The first kappa shape index (κ1) is 25.6. The second-order valence-corrected chi connectivity index (χ2v) is 8.64.